The second-order valence-corrected chi connectivity index (χ2v) is 10.3. The molecule has 0 saturated heterocycles. The van der Waals surface area contributed by atoms with Gasteiger partial charge >= 0.3 is 0 Å². The third-order valence-corrected chi connectivity index (χ3v) is 7.04. The lowest BCUT2D eigenvalue weighted by molar-refractivity contribution is -0.118. The van der Waals surface area contributed by atoms with Crippen LogP contribution in [0, 0.1) is 0 Å². The Morgan fingerprint density at radius 3 is 2.47 bits per heavy atom. The summed E-state index contributed by atoms with van der Waals surface area (Å²) in [6.07, 6.45) is 1.41. The fourth-order valence-electron chi connectivity index (χ4n) is 3.89. The van der Waals surface area contributed by atoms with E-state index >= 15 is 0 Å². The second kappa shape index (κ2) is 14.1. The van der Waals surface area contributed by atoms with Gasteiger partial charge in [0.25, 0.3) is 11.8 Å². The van der Waals surface area contributed by atoms with Gasteiger partial charge in [-0.1, -0.05) is 41.9 Å². The summed E-state index contributed by atoms with van der Waals surface area (Å²) < 4.78 is 10.8. The van der Waals surface area contributed by atoms with Crippen molar-refractivity contribution in [2.45, 2.75) is 0 Å². The van der Waals surface area contributed by atoms with Crippen molar-refractivity contribution in [2.75, 3.05) is 24.4 Å². The van der Waals surface area contributed by atoms with E-state index in [9.17, 15) is 9.59 Å². The van der Waals surface area contributed by atoms with Crippen LogP contribution in [0.5, 0.6) is 11.5 Å². The first kappa shape index (κ1) is 29.3. The van der Waals surface area contributed by atoms with E-state index in [2.05, 4.69) is 26.1 Å². The Hall–Kier alpha value is -5.19. The summed E-state index contributed by atoms with van der Waals surface area (Å²) in [5, 5.41) is 13.3. The summed E-state index contributed by atoms with van der Waals surface area (Å²) in [6, 6.07) is 28.7. The molecule has 0 aliphatic heterocycles. The Labute approximate surface area is 257 Å². The van der Waals surface area contributed by atoms with E-state index in [0.29, 0.717) is 33.3 Å². The average Bonchev–Trinajstić information content (AvgIpc) is 3.50. The van der Waals surface area contributed by atoms with Crippen LogP contribution in [0.25, 0.3) is 11.3 Å². The van der Waals surface area contributed by atoms with Gasteiger partial charge in [0.1, 0.15) is 11.5 Å². The van der Waals surface area contributed by atoms with Crippen LogP contribution < -0.4 is 25.5 Å². The Kier molecular flexibility index (Phi) is 9.63. The molecule has 1 heterocycles. The zero-order valence-electron chi connectivity index (χ0n) is 22.9. The van der Waals surface area contributed by atoms with Crippen molar-refractivity contribution >= 4 is 57.5 Å². The Balaban J connectivity index is 1.16. The molecule has 0 aliphatic rings. The maximum atomic E-state index is 12.7. The molecule has 5 rings (SSSR count). The molecule has 9 nitrogen and oxygen atoms in total. The van der Waals surface area contributed by atoms with E-state index in [1.54, 1.807) is 61.7 Å². The summed E-state index contributed by atoms with van der Waals surface area (Å²) in [5.41, 5.74) is 6.69. The number of anilines is 3. The van der Waals surface area contributed by atoms with Crippen molar-refractivity contribution in [1.29, 1.82) is 0 Å². The lowest BCUT2D eigenvalue weighted by Gasteiger charge is -2.10. The molecule has 43 heavy (non-hydrogen) atoms. The number of carbonyl (C=O) groups is 2. The maximum absolute atomic E-state index is 12.7. The number of ether oxygens (including phenoxy) is 2. The molecule has 3 N–H and O–H groups in total. The summed E-state index contributed by atoms with van der Waals surface area (Å²) >= 11 is 7.65. The number of carbonyl (C=O) groups excluding carboxylic acids is 2. The number of rotatable bonds is 11. The second-order valence-electron chi connectivity index (χ2n) is 9.05. The van der Waals surface area contributed by atoms with Crippen molar-refractivity contribution in [1.82, 2.24) is 10.4 Å². The number of aromatic nitrogens is 1. The van der Waals surface area contributed by atoms with Gasteiger partial charge in [0, 0.05) is 38.5 Å². The number of hydrogen-bond acceptors (Lipinski definition) is 8. The smallest absolute Gasteiger partial charge is 0.271 e. The van der Waals surface area contributed by atoms with Crippen LogP contribution in [0.3, 0.4) is 0 Å². The number of amides is 2. The molecule has 5 aromatic rings. The van der Waals surface area contributed by atoms with Crippen molar-refractivity contribution in [3.8, 4) is 22.8 Å². The van der Waals surface area contributed by atoms with E-state index in [4.69, 9.17) is 21.1 Å². The van der Waals surface area contributed by atoms with Crippen LogP contribution in [0.4, 0.5) is 16.5 Å². The highest BCUT2D eigenvalue weighted by molar-refractivity contribution is 7.14. The van der Waals surface area contributed by atoms with Crippen LogP contribution in [0.1, 0.15) is 15.9 Å². The molecule has 0 spiro atoms. The number of thiazole rings is 1. The number of para-hydroxylation sites is 1. The molecule has 0 bridgehead atoms. The van der Waals surface area contributed by atoms with Crippen molar-refractivity contribution in [3.63, 3.8) is 0 Å². The molecule has 0 fully saturated rings. The third kappa shape index (κ3) is 8.19. The minimum absolute atomic E-state index is 0.240. The summed E-state index contributed by atoms with van der Waals surface area (Å²) in [7, 11) is 1.57. The van der Waals surface area contributed by atoms with Gasteiger partial charge in [0.15, 0.2) is 11.7 Å². The number of methoxy groups -OCH3 is 1. The van der Waals surface area contributed by atoms with E-state index in [-0.39, 0.29) is 12.5 Å². The number of halogens is 1. The molecule has 0 radical (unpaired) electrons. The predicted molar refractivity (Wildman–Crippen MR) is 171 cm³/mol. The predicted octanol–water partition coefficient (Wildman–Crippen LogP) is 7.00. The standard InChI is InChI=1S/C32H26ClN5O4S/c1-41-27-14-12-26(13-15-27)35-30(39)19-42-29-16-11-24(33)17-23(29)18-34-38-31(40)22-9-7-21(8-10-22)28-20-43-32(37-28)36-25-5-3-2-4-6-25/h2-18,20H,19H2,1H3,(H,35,39)(H,36,37)(H,38,40)/b34-18+. The fourth-order valence-corrected chi connectivity index (χ4v) is 4.81. The van der Waals surface area contributed by atoms with Crippen LogP contribution in [0.2, 0.25) is 5.02 Å². The molecule has 4 aromatic carbocycles. The monoisotopic (exact) mass is 611 g/mol. The van der Waals surface area contributed by atoms with Crippen LogP contribution >= 0.6 is 22.9 Å². The summed E-state index contributed by atoms with van der Waals surface area (Å²) in [5.74, 6) is 0.322. The van der Waals surface area contributed by atoms with Crippen molar-refractivity contribution in [3.05, 3.63) is 119 Å². The first-order chi connectivity index (χ1) is 21.0. The molecule has 0 unspecified atom stereocenters. The van der Waals surface area contributed by atoms with E-state index in [1.165, 1.54) is 17.6 Å². The largest absolute Gasteiger partial charge is 0.497 e. The van der Waals surface area contributed by atoms with Gasteiger partial charge in [-0.2, -0.15) is 5.10 Å². The van der Waals surface area contributed by atoms with E-state index in [1.807, 2.05) is 47.8 Å². The van der Waals surface area contributed by atoms with Gasteiger partial charge in [-0.3, -0.25) is 9.59 Å². The van der Waals surface area contributed by atoms with Gasteiger partial charge < -0.3 is 20.1 Å². The lowest BCUT2D eigenvalue weighted by Crippen LogP contribution is -2.20. The van der Waals surface area contributed by atoms with E-state index < -0.39 is 5.91 Å². The van der Waals surface area contributed by atoms with Crippen molar-refractivity contribution < 1.29 is 19.1 Å². The molecule has 0 saturated carbocycles. The highest BCUT2D eigenvalue weighted by atomic mass is 35.5. The molecular formula is C32H26ClN5O4S. The van der Waals surface area contributed by atoms with Crippen molar-refractivity contribution in [2.24, 2.45) is 5.10 Å². The molecule has 1 aromatic heterocycles. The highest BCUT2D eigenvalue weighted by Crippen LogP contribution is 2.27. The SMILES string of the molecule is COc1ccc(NC(=O)COc2ccc(Cl)cc2/C=N/NC(=O)c2ccc(-c3csc(Nc4ccccc4)n3)cc2)cc1. The number of hydrogen-bond donors (Lipinski definition) is 3. The van der Waals surface area contributed by atoms with Crippen LogP contribution in [0.15, 0.2) is 108 Å². The summed E-state index contributed by atoms with van der Waals surface area (Å²) in [6.45, 7) is -0.240. The Morgan fingerprint density at radius 1 is 0.953 bits per heavy atom. The quantitative estimate of drug-likeness (QED) is 0.109. The first-order valence-corrected chi connectivity index (χ1v) is 14.3. The van der Waals surface area contributed by atoms with Gasteiger partial charge in [0.2, 0.25) is 0 Å². The zero-order valence-corrected chi connectivity index (χ0v) is 24.5. The summed E-state index contributed by atoms with van der Waals surface area (Å²) in [4.78, 5) is 29.7. The fraction of sp³-hybridized carbons (Fsp3) is 0.0625. The topological polar surface area (TPSA) is 114 Å². The van der Waals surface area contributed by atoms with Gasteiger partial charge in [-0.05, 0) is 66.7 Å². The van der Waals surface area contributed by atoms with Crippen LogP contribution in [-0.2, 0) is 4.79 Å². The number of nitrogens with zero attached hydrogens (tertiary/aromatic N) is 2. The van der Waals surface area contributed by atoms with E-state index in [0.717, 1.165) is 22.1 Å². The zero-order chi connectivity index (χ0) is 30.0. The lowest BCUT2D eigenvalue weighted by atomic mass is 10.1. The molecule has 0 atom stereocenters. The molecule has 2 amide bonds. The molecule has 11 heteroatoms. The average molecular weight is 612 g/mol. The number of benzene rings is 4. The Bertz CT molecular complexity index is 1730. The molecule has 0 aliphatic carbocycles. The van der Waals surface area contributed by atoms with Gasteiger partial charge in [-0.25, -0.2) is 10.4 Å². The maximum Gasteiger partial charge on any atom is 0.271 e. The number of nitrogens with one attached hydrogen (secondary N) is 3. The minimum Gasteiger partial charge on any atom is -0.497 e. The third-order valence-electron chi connectivity index (χ3n) is 6.05. The normalized spacial score (nSPS) is 10.7. The van der Waals surface area contributed by atoms with Crippen LogP contribution in [-0.4, -0.2) is 36.7 Å². The first-order valence-electron chi connectivity index (χ1n) is 13.0. The Morgan fingerprint density at radius 2 is 1.72 bits per heavy atom. The molecular weight excluding hydrogens is 586 g/mol. The minimum atomic E-state index is -0.393. The number of hydrazone groups is 1. The molecule has 216 valence electrons. The van der Waals surface area contributed by atoms with Gasteiger partial charge in [-0.15, -0.1) is 11.3 Å². The highest BCUT2D eigenvalue weighted by Gasteiger charge is 2.10. The van der Waals surface area contributed by atoms with Gasteiger partial charge in [0.05, 0.1) is 19.0 Å².